The standard InChI is InChI=1S/C12H20N2O4/c1-4-14(8-12(15)17-5-2)7-10-6-11(9-16-3)18-13-10/h6H,4-5,7-9H2,1-3H3. The van der Waals surface area contributed by atoms with Crippen LogP contribution in [0.5, 0.6) is 0 Å². The predicted octanol–water partition coefficient (Wildman–Crippen LogP) is 1.21. The average Bonchev–Trinajstić information content (AvgIpc) is 2.76. The summed E-state index contributed by atoms with van der Waals surface area (Å²) in [5.74, 6) is 0.458. The molecule has 6 heteroatoms. The Labute approximate surface area is 107 Å². The van der Waals surface area contributed by atoms with Crippen LogP contribution in [0.3, 0.4) is 0 Å². The van der Waals surface area contributed by atoms with Gasteiger partial charge in [-0.25, -0.2) is 0 Å². The molecule has 0 aromatic carbocycles. The number of carbonyl (C=O) groups excluding carboxylic acids is 1. The summed E-state index contributed by atoms with van der Waals surface area (Å²) in [5.41, 5.74) is 0.785. The van der Waals surface area contributed by atoms with Gasteiger partial charge in [0, 0.05) is 19.7 Å². The summed E-state index contributed by atoms with van der Waals surface area (Å²) < 4.78 is 14.9. The van der Waals surface area contributed by atoms with Crippen LogP contribution in [-0.4, -0.2) is 42.8 Å². The third kappa shape index (κ3) is 4.85. The third-order valence-corrected chi connectivity index (χ3v) is 2.39. The molecule has 1 heterocycles. The number of esters is 1. The van der Waals surface area contributed by atoms with Crippen LogP contribution in [0.15, 0.2) is 10.6 Å². The molecular formula is C12H20N2O4. The highest BCUT2D eigenvalue weighted by molar-refractivity contribution is 5.71. The Balaban J connectivity index is 2.48. The van der Waals surface area contributed by atoms with Crippen molar-refractivity contribution in [1.29, 1.82) is 0 Å². The van der Waals surface area contributed by atoms with Crippen LogP contribution in [0.25, 0.3) is 0 Å². The lowest BCUT2D eigenvalue weighted by Gasteiger charge is -2.17. The minimum Gasteiger partial charge on any atom is -0.465 e. The highest BCUT2D eigenvalue weighted by atomic mass is 16.5. The summed E-state index contributed by atoms with van der Waals surface area (Å²) in [7, 11) is 1.60. The van der Waals surface area contributed by atoms with Crippen molar-refractivity contribution in [3.8, 4) is 0 Å². The topological polar surface area (TPSA) is 64.8 Å². The van der Waals surface area contributed by atoms with Gasteiger partial charge < -0.3 is 14.0 Å². The van der Waals surface area contributed by atoms with Gasteiger partial charge in [0.25, 0.3) is 0 Å². The Kier molecular flexibility index (Phi) is 6.38. The van der Waals surface area contributed by atoms with Gasteiger partial charge in [-0.2, -0.15) is 0 Å². The fraction of sp³-hybridized carbons (Fsp3) is 0.667. The normalized spacial score (nSPS) is 10.9. The van der Waals surface area contributed by atoms with E-state index in [0.29, 0.717) is 25.5 Å². The molecule has 6 nitrogen and oxygen atoms in total. The first-order valence-corrected chi connectivity index (χ1v) is 6.01. The molecule has 0 spiro atoms. The van der Waals surface area contributed by atoms with Gasteiger partial charge in [0.15, 0.2) is 5.76 Å². The number of carbonyl (C=O) groups is 1. The van der Waals surface area contributed by atoms with E-state index in [-0.39, 0.29) is 12.5 Å². The maximum absolute atomic E-state index is 11.4. The fourth-order valence-corrected chi connectivity index (χ4v) is 1.54. The zero-order valence-electron chi connectivity index (χ0n) is 11.1. The summed E-state index contributed by atoms with van der Waals surface area (Å²) in [4.78, 5) is 13.3. The lowest BCUT2D eigenvalue weighted by Crippen LogP contribution is -2.30. The SMILES string of the molecule is CCOC(=O)CN(CC)Cc1cc(COC)on1. The number of likely N-dealkylation sites (N-methyl/N-ethyl adjacent to an activating group) is 1. The molecule has 0 radical (unpaired) electrons. The van der Waals surface area contributed by atoms with E-state index < -0.39 is 0 Å². The van der Waals surface area contributed by atoms with E-state index in [1.807, 2.05) is 17.9 Å². The fourth-order valence-electron chi connectivity index (χ4n) is 1.54. The minimum absolute atomic E-state index is 0.222. The third-order valence-electron chi connectivity index (χ3n) is 2.39. The molecule has 0 bridgehead atoms. The Morgan fingerprint density at radius 3 is 2.89 bits per heavy atom. The van der Waals surface area contributed by atoms with Gasteiger partial charge >= 0.3 is 5.97 Å². The Bertz CT molecular complexity index is 365. The summed E-state index contributed by atoms with van der Waals surface area (Å²) in [5, 5.41) is 3.93. The Hall–Kier alpha value is -1.40. The first-order chi connectivity index (χ1) is 8.69. The molecule has 0 fully saturated rings. The molecule has 0 amide bonds. The average molecular weight is 256 g/mol. The number of ether oxygens (including phenoxy) is 2. The van der Waals surface area contributed by atoms with Crippen LogP contribution in [0, 0.1) is 0 Å². The molecule has 0 saturated carbocycles. The maximum atomic E-state index is 11.4. The molecule has 1 aromatic heterocycles. The number of hydrogen-bond acceptors (Lipinski definition) is 6. The van der Waals surface area contributed by atoms with Crippen molar-refractivity contribution < 1.29 is 18.8 Å². The summed E-state index contributed by atoms with van der Waals surface area (Å²) in [6.07, 6.45) is 0. The van der Waals surface area contributed by atoms with Gasteiger partial charge in [-0.3, -0.25) is 9.69 Å². The second kappa shape index (κ2) is 7.84. The molecular weight excluding hydrogens is 236 g/mol. The minimum atomic E-state index is -0.222. The summed E-state index contributed by atoms with van der Waals surface area (Å²) in [6, 6.07) is 1.83. The molecule has 102 valence electrons. The number of rotatable bonds is 8. The van der Waals surface area contributed by atoms with Crippen molar-refractivity contribution in [1.82, 2.24) is 10.1 Å². The molecule has 1 aromatic rings. The molecule has 18 heavy (non-hydrogen) atoms. The van der Waals surface area contributed by atoms with E-state index in [9.17, 15) is 4.79 Å². The number of methoxy groups -OCH3 is 1. The van der Waals surface area contributed by atoms with Crippen molar-refractivity contribution in [2.24, 2.45) is 0 Å². The Morgan fingerprint density at radius 1 is 1.50 bits per heavy atom. The van der Waals surface area contributed by atoms with Gasteiger partial charge in [-0.1, -0.05) is 12.1 Å². The van der Waals surface area contributed by atoms with Crippen LogP contribution >= 0.6 is 0 Å². The lowest BCUT2D eigenvalue weighted by atomic mass is 10.3. The number of hydrogen-bond donors (Lipinski definition) is 0. The van der Waals surface area contributed by atoms with Crippen molar-refractivity contribution in [2.45, 2.75) is 27.0 Å². The van der Waals surface area contributed by atoms with E-state index in [1.165, 1.54) is 0 Å². The zero-order valence-corrected chi connectivity index (χ0v) is 11.1. The van der Waals surface area contributed by atoms with Gasteiger partial charge in [0.05, 0.1) is 18.8 Å². The van der Waals surface area contributed by atoms with E-state index in [0.717, 1.165) is 12.2 Å². The van der Waals surface area contributed by atoms with E-state index in [4.69, 9.17) is 14.0 Å². The van der Waals surface area contributed by atoms with Crippen LogP contribution in [-0.2, 0) is 27.4 Å². The molecule has 0 N–H and O–H groups in total. The van der Waals surface area contributed by atoms with Crippen LogP contribution in [0.4, 0.5) is 0 Å². The van der Waals surface area contributed by atoms with Crippen molar-refractivity contribution in [3.63, 3.8) is 0 Å². The second-order valence-corrected chi connectivity index (χ2v) is 3.83. The predicted molar refractivity (Wildman–Crippen MR) is 64.8 cm³/mol. The van der Waals surface area contributed by atoms with Gasteiger partial charge in [0.2, 0.25) is 0 Å². The van der Waals surface area contributed by atoms with Crippen molar-refractivity contribution >= 4 is 5.97 Å². The number of aromatic nitrogens is 1. The second-order valence-electron chi connectivity index (χ2n) is 3.83. The molecule has 0 unspecified atom stereocenters. The van der Waals surface area contributed by atoms with Crippen molar-refractivity contribution in [2.75, 3.05) is 26.8 Å². The highest BCUT2D eigenvalue weighted by Crippen LogP contribution is 2.07. The zero-order chi connectivity index (χ0) is 13.4. The molecule has 0 aliphatic carbocycles. The van der Waals surface area contributed by atoms with Crippen molar-refractivity contribution in [3.05, 3.63) is 17.5 Å². The van der Waals surface area contributed by atoms with E-state index in [2.05, 4.69) is 5.16 Å². The smallest absolute Gasteiger partial charge is 0.320 e. The first kappa shape index (κ1) is 14.7. The maximum Gasteiger partial charge on any atom is 0.320 e. The summed E-state index contributed by atoms with van der Waals surface area (Å²) >= 11 is 0. The summed E-state index contributed by atoms with van der Waals surface area (Å²) in [6.45, 7) is 6.14. The monoisotopic (exact) mass is 256 g/mol. The van der Waals surface area contributed by atoms with Gasteiger partial charge in [-0.15, -0.1) is 0 Å². The van der Waals surface area contributed by atoms with Crippen LogP contribution < -0.4 is 0 Å². The molecule has 0 saturated heterocycles. The molecule has 0 atom stereocenters. The molecule has 0 aliphatic heterocycles. The number of nitrogens with zero attached hydrogens (tertiary/aromatic N) is 2. The van der Waals surface area contributed by atoms with E-state index >= 15 is 0 Å². The Morgan fingerprint density at radius 2 is 2.28 bits per heavy atom. The lowest BCUT2D eigenvalue weighted by molar-refractivity contribution is -0.144. The largest absolute Gasteiger partial charge is 0.465 e. The van der Waals surface area contributed by atoms with E-state index in [1.54, 1.807) is 14.0 Å². The highest BCUT2D eigenvalue weighted by Gasteiger charge is 2.13. The van der Waals surface area contributed by atoms with Crippen LogP contribution in [0.1, 0.15) is 25.3 Å². The first-order valence-electron chi connectivity index (χ1n) is 6.01. The van der Waals surface area contributed by atoms with Gasteiger partial charge in [-0.05, 0) is 13.5 Å². The van der Waals surface area contributed by atoms with Crippen LogP contribution in [0.2, 0.25) is 0 Å². The molecule has 1 rings (SSSR count). The quantitative estimate of drug-likeness (QED) is 0.651. The molecule has 0 aliphatic rings. The van der Waals surface area contributed by atoms with Gasteiger partial charge in [0.1, 0.15) is 6.61 Å².